The first-order valence-electron chi connectivity index (χ1n) is 11.3. The molecule has 0 nitrogen and oxygen atoms in total. The normalized spacial score (nSPS) is 28.1. The van der Waals surface area contributed by atoms with Crippen molar-refractivity contribution < 1.29 is 0 Å². The molecule has 0 bridgehead atoms. The monoisotopic (exact) mass is 334 g/mol. The summed E-state index contributed by atoms with van der Waals surface area (Å²) in [4.78, 5) is 0. The molecule has 0 saturated heterocycles. The van der Waals surface area contributed by atoms with Crippen molar-refractivity contribution in [1.29, 1.82) is 0 Å². The van der Waals surface area contributed by atoms with Gasteiger partial charge in [0.05, 0.1) is 0 Å². The molecule has 0 aromatic rings. The van der Waals surface area contributed by atoms with Crippen molar-refractivity contribution in [2.75, 3.05) is 0 Å². The Morgan fingerprint density at radius 2 is 1.04 bits per heavy atom. The van der Waals surface area contributed by atoms with E-state index in [9.17, 15) is 0 Å². The highest BCUT2D eigenvalue weighted by Crippen LogP contribution is 2.52. The zero-order chi connectivity index (χ0) is 17.8. The van der Waals surface area contributed by atoms with Crippen molar-refractivity contribution in [2.24, 2.45) is 34.5 Å². The van der Waals surface area contributed by atoms with Crippen LogP contribution < -0.4 is 0 Å². The van der Waals surface area contributed by atoms with Crippen LogP contribution in [0.1, 0.15) is 119 Å². The Bertz CT molecular complexity index is 344. The van der Waals surface area contributed by atoms with Crippen LogP contribution in [0.25, 0.3) is 0 Å². The van der Waals surface area contributed by atoms with Crippen LogP contribution in [0.4, 0.5) is 0 Å². The minimum Gasteiger partial charge on any atom is -0.0651 e. The largest absolute Gasteiger partial charge is 0.0651 e. The maximum Gasteiger partial charge on any atom is -0.0298 e. The SMILES string of the molecule is CCC(CC)C(C)(C)C1CCC(C(C)(C)C2CCCCCC2)CC1. The molecule has 0 amide bonds. The van der Waals surface area contributed by atoms with E-state index >= 15 is 0 Å². The molecule has 0 radical (unpaired) electrons. The van der Waals surface area contributed by atoms with E-state index in [0.29, 0.717) is 10.8 Å². The van der Waals surface area contributed by atoms with E-state index in [1.165, 1.54) is 77.0 Å². The lowest BCUT2D eigenvalue weighted by Crippen LogP contribution is -2.39. The summed E-state index contributed by atoms with van der Waals surface area (Å²) in [6.45, 7) is 15.2. The van der Waals surface area contributed by atoms with Gasteiger partial charge in [-0.1, -0.05) is 80.1 Å². The maximum atomic E-state index is 2.63. The third kappa shape index (κ3) is 4.39. The van der Waals surface area contributed by atoms with Gasteiger partial charge in [0.15, 0.2) is 0 Å². The summed E-state index contributed by atoms with van der Waals surface area (Å²) < 4.78 is 0. The van der Waals surface area contributed by atoms with Gasteiger partial charge in [-0.2, -0.15) is 0 Å². The molecule has 0 unspecified atom stereocenters. The second-order valence-corrected chi connectivity index (χ2v) is 10.4. The summed E-state index contributed by atoms with van der Waals surface area (Å²) >= 11 is 0. The summed E-state index contributed by atoms with van der Waals surface area (Å²) in [5.74, 6) is 3.85. The van der Waals surface area contributed by atoms with E-state index in [1.54, 1.807) is 0 Å². The highest BCUT2D eigenvalue weighted by molar-refractivity contribution is 4.93. The molecule has 0 N–H and O–H groups in total. The molecule has 2 saturated carbocycles. The molecule has 0 heteroatoms. The standard InChI is InChI=1S/C24H46/c1-7-19(8-2)23(3,4)21-15-17-22(18-16-21)24(5,6)20-13-11-9-10-12-14-20/h19-22H,7-18H2,1-6H3. The van der Waals surface area contributed by atoms with Gasteiger partial charge < -0.3 is 0 Å². The molecule has 2 aliphatic carbocycles. The van der Waals surface area contributed by atoms with Gasteiger partial charge >= 0.3 is 0 Å². The van der Waals surface area contributed by atoms with Crippen molar-refractivity contribution in [2.45, 2.75) is 119 Å². The Labute approximate surface area is 153 Å². The van der Waals surface area contributed by atoms with Gasteiger partial charge in [0.1, 0.15) is 0 Å². The second kappa shape index (κ2) is 8.59. The van der Waals surface area contributed by atoms with Crippen LogP contribution in [0.2, 0.25) is 0 Å². The van der Waals surface area contributed by atoms with Gasteiger partial charge in [-0.05, 0) is 73.0 Å². The molecular weight excluding hydrogens is 288 g/mol. The van der Waals surface area contributed by atoms with Crippen LogP contribution in [0.5, 0.6) is 0 Å². The van der Waals surface area contributed by atoms with E-state index in [2.05, 4.69) is 41.5 Å². The topological polar surface area (TPSA) is 0 Å². The quantitative estimate of drug-likeness (QED) is 0.429. The zero-order valence-corrected chi connectivity index (χ0v) is 17.8. The van der Waals surface area contributed by atoms with Gasteiger partial charge in [0, 0.05) is 0 Å². The second-order valence-electron chi connectivity index (χ2n) is 10.4. The molecule has 0 atom stereocenters. The van der Waals surface area contributed by atoms with Crippen LogP contribution in [0.3, 0.4) is 0 Å². The minimum atomic E-state index is 0.543. The van der Waals surface area contributed by atoms with Crippen LogP contribution in [-0.4, -0.2) is 0 Å². The van der Waals surface area contributed by atoms with E-state index in [-0.39, 0.29) is 0 Å². The summed E-state index contributed by atoms with van der Waals surface area (Å²) in [6.07, 6.45) is 17.7. The molecule has 2 aliphatic rings. The molecule has 0 aromatic heterocycles. The average Bonchev–Trinajstić information content (AvgIpc) is 2.85. The van der Waals surface area contributed by atoms with Crippen molar-refractivity contribution in [3.8, 4) is 0 Å². The van der Waals surface area contributed by atoms with Crippen molar-refractivity contribution in [3.05, 3.63) is 0 Å². The average molecular weight is 335 g/mol. The summed E-state index contributed by atoms with van der Waals surface area (Å²) in [7, 11) is 0. The van der Waals surface area contributed by atoms with Crippen LogP contribution >= 0.6 is 0 Å². The Hall–Kier alpha value is 0. The number of hydrogen-bond donors (Lipinski definition) is 0. The Morgan fingerprint density at radius 3 is 1.50 bits per heavy atom. The number of rotatable bonds is 6. The predicted octanol–water partition coefficient (Wildman–Crippen LogP) is 8.25. The van der Waals surface area contributed by atoms with E-state index < -0.39 is 0 Å². The number of hydrogen-bond acceptors (Lipinski definition) is 0. The fraction of sp³-hybridized carbons (Fsp3) is 1.00. The summed E-state index contributed by atoms with van der Waals surface area (Å²) in [6, 6.07) is 0. The van der Waals surface area contributed by atoms with Crippen molar-refractivity contribution in [3.63, 3.8) is 0 Å². The first-order valence-corrected chi connectivity index (χ1v) is 11.3. The lowest BCUT2D eigenvalue weighted by molar-refractivity contribution is 0.0142. The molecule has 142 valence electrons. The van der Waals surface area contributed by atoms with Crippen LogP contribution in [-0.2, 0) is 0 Å². The fourth-order valence-corrected chi connectivity index (χ4v) is 6.61. The molecule has 0 heterocycles. The molecular formula is C24H46. The third-order valence-electron chi connectivity index (χ3n) is 8.78. The first-order chi connectivity index (χ1) is 11.3. The van der Waals surface area contributed by atoms with Gasteiger partial charge in [0.25, 0.3) is 0 Å². The highest BCUT2D eigenvalue weighted by atomic mass is 14.5. The first kappa shape index (κ1) is 20.3. The summed E-state index contributed by atoms with van der Waals surface area (Å²) in [5, 5.41) is 0. The molecule has 0 aromatic carbocycles. The van der Waals surface area contributed by atoms with Gasteiger partial charge in [0.2, 0.25) is 0 Å². The zero-order valence-electron chi connectivity index (χ0n) is 17.8. The molecule has 0 aliphatic heterocycles. The molecule has 2 fully saturated rings. The van der Waals surface area contributed by atoms with Crippen molar-refractivity contribution >= 4 is 0 Å². The van der Waals surface area contributed by atoms with Crippen LogP contribution in [0, 0.1) is 34.5 Å². The summed E-state index contributed by atoms with van der Waals surface area (Å²) in [5.41, 5.74) is 1.12. The molecule has 2 rings (SSSR count). The fourth-order valence-electron chi connectivity index (χ4n) is 6.61. The molecule has 24 heavy (non-hydrogen) atoms. The predicted molar refractivity (Wildman–Crippen MR) is 108 cm³/mol. The third-order valence-corrected chi connectivity index (χ3v) is 8.78. The highest BCUT2D eigenvalue weighted by Gasteiger charge is 2.42. The smallest absolute Gasteiger partial charge is 0.0298 e. The van der Waals surface area contributed by atoms with E-state index in [4.69, 9.17) is 0 Å². The van der Waals surface area contributed by atoms with E-state index in [0.717, 1.165) is 23.7 Å². The lowest BCUT2D eigenvalue weighted by Gasteiger charge is -2.49. The van der Waals surface area contributed by atoms with E-state index in [1.807, 2.05) is 0 Å². The Balaban J connectivity index is 1.95. The van der Waals surface area contributed by atoms with Gasteiger partial charge in [-0.15, -0.1) is 0 Å². The van der Waals surface area contributed by atoms with Gasteiger partial charge in [-0.3, -0.25) is 0 Å². The lowest BCUT2D eigenvalue weighted by atomic mass is 9.57. The Morgan fingerprint density at radius 1 is 0.625 bits per heavy atom. The minimum absolute atomic E-state index is 0.543. The Kier molecular flexibility index (Phi) is 7.27. The van der Waals surface area contributed by atoms with Gasteiger partial charge in [-0.25, -0.2) is 0 Å². The maximum absolute atomic E-state index is 2.63. The van der Waals surface area contributed by atoms with Crippen LogP contribution in [0.15, 0.2) is 0 Å². The molecule has 0 spiro atoms. The van der Waals surface area contributed by atoms with Crippen molar-refractivity contribution in [1.82, 2.24) is 0 Å².